The molecule has 0 saturated heterocycles. The van der Waals surface area contributed by atoms with Crippen molar-refractivity contribution in [3.8, 4) is 0 Å². The minimum absolute atomic E-state index is 0. The number of benzene rings is 4. The van der Waals surface area contributed by atoms with E-state index in [-0.39, 0.29) is 142 Å². The smallest absolute Gasteiger partial charge is 0.340 e. The molecule has 0 heterocycles. The molecule has 4 aromatic rings. The van der Waals surface area contributed by atoms with Gasteiger partial charge in [-0.15, -0.1) is 0 Å². The van der Waals surface area contributed by atoms with Gasteiger partial charge in [-0.25, -0.2) is 44.4 Å². The molecule has 0 spiro atoms. The molecule has 36 heteroatoms. The first-order valence-corrected chi connectivity index (χ1v) is 23.2. The monoisotopic (exact) mass is 1520 g/mol. The van der Waals surface area contributed by atoms with Gasteiger partial charge in [0, 0.05) is 156 Å². The van der Waals surface area contributed by atoms with E-state index in [1.54, 1.807) is 64.3 Å². The summed E-state index contributed by atoms with van der Waals surface area (Å²) in [5.41, 5.74) is -12.6. The summed E-state index contributed by atoms with van der Waals surface area (Å²) >= 11 is 0. The number of hydrogen-bond acceptors (Lipinski definition) is 16. The van der Waals surface area contributed by atoms with Gasteiger partial charge in [-0.05, 0) is 87.1 Å². The Morgan fingerprint density at radius 1 is 0.295 bits per heavy atom. The van der Waals surface area contributed by atoms with Gasteiger partial charge in [-0.1, -0.05) is 12.1 Å². The van der Waals surface area contributed by atoms with Crippen molar-refractivity contribution >= 4 is 129 Å². The third-order valence-corrected chi connectivity index (χ3v) is 12.4. The topological polar surface area (TPSA) is 531 Å². The average Bonchev–Trinajstić information content (AvgIpc) is 0.945. The molecule has 16 N–H and O–H groups in total. The molecular weight excluding hydrogens is 1480 g/mol. The number of aryl methyl sites for hydroxylation is 6. The van der Waals surface area contributed by atoms with Gasteiger partial charge in [0.15, 0.2) is 0 Å². The fourth-order valence-corrected chi connectivity index (χ4v) is 7.29. The Labute approximate surface area is 597 Å². The number of carbonyl (C=O) groups is 16. The van der Waals surface area contributed by atoms with Crippen LogP contribution in [0.25, 0.3) is 0 Å². The molecule has 456 valence electrons. The number of anilines is 6. The Balaban J connectivity index is 0. The average molecular weight is 1520 g/mol. The van der Waals surface area contributed by atoms with E-state index in [0.717, 1.165) is 49.5 Å². The van der Waals surface area contributed by atoms with Crippen LogP contribution in [0.15, 0.2) is 48.5 Å². The third-order valence-electron chi connectivity index (χ3n) is 12.4. The zero-order chi connectivity index (χ0) is 64.3. The second-order valence-corrected chi connectivity index (χ2v) is 17.6. The largest absolute Gasteiger partial charge is 0.480 e. The molecule has 4 aromatic carbocycles. The van der Waals surface area contributed by atoms with E-state index >= 15 is 0 Å². The first-order chi connectivity index (χ1) is 38.9. The predicted molar refractivity (Wildman–Crippen MR) is 280 cm³/mol. The Hall–Kier alpha value is -7.18. The van der Waals surface area contributed by atoms with E-state index in [0.29, 0.717) is 22.3 Å². The first-order valence-electron chi connectivity index (χ1n) is 23.2. The Morgan fingerprint density at radius 2 is 0.511 bits per heavy atom. The number of carboxylic acids is 8. The van der Waals surface area contributed by atoms with Crippen LogP contribution in [0.3, 0.4) is 0 Å². The van der Waals surface area contributed by atoms with Crippen molar-refractivity contribution in [2.45, 2.75) is 41.5 Å². The fraction of sp³-hybridized carbons (Fsp3) is 0.231. The van der Waals surface area contributed by atoms with Crippen LogP contribution in [0.5, 0.6) is 0 Å². The molecule has 8 amide bonds. The van der Waals surface area contributed by atoms with Crippen LogP contribution in [-0.2, 0) is 208 Å². The fourth-order valence-electron chi connectivity index (χ4n) is 7.29. The Bertz CT molecular complexity index is 3470. The second kappa shape index (κ2) is 34.0. The summed E-state index contributed by atoms with van der Waals surface area (Å²) in [4.78, 5) is 197. The molecule has 4 radical (unpaired) electrons. The van der Waals surface area contributed by atoms with E-state index in [4.69, 9.17) is 0 Å². The molecule has 0 atom stereocenters. The summed E-state index contributed by atoms with van der Waals surface area (Å²) in [5.74, 6) is -32.7. The van der Waals surface area contributed by atoms with E-state index in [9.17, 15) is 118 Å². The number of rotatable bonds is 22. The van der Waals surface area contributed by atoms with E-state index in [1.165, 1.54) is 12.1 Å². The van der Waals surface area contributed by atoms with Crippen LogP contribution in [0.1, 0.15) is 33.4 Å². The van der Waals surface area contributed by atoms with Crippen LogP contribution in [0.4, 0.5) is 34.1 Å². The maximum absolute atomic E-state index is 13.1. The molecule has 0 aliphatic carbocycles. The van der Waals surface area contributed by atoms with Gasteiger partial charge < -0.3 is 102 Å². The van der Waals surface area contributed by atoms with Crippen molar-refractivity contribution < 1.29 is 248 Å². The van der Waals surface area contributed by atoms with E-state index < -0.39 is 139 Å². The molecule has 0 fully saturated rings. The predicted octanol–water partition coefficient (Wildman–Crippen LogP) is -0.440. The van der Waals surface area contributed by atoms with Crippen LogP contribution in [0, 0.1) is 87.5 Å². The number of amides is 8. The van der Waals surface area contributed by atoms with E-state index in [2.05, 4.69) is 34.9 Å². The summed E-state index contributed by atoms with van der Waals surface area (Å²) in [5, 5.41) is 91.8. The van der Waals surface area contributed by atoms with Crippen LogP contribution in [-0.4, -0.2) is 150 Å². The zero-order valence-corrected chi connectivity index (χ0v) is 58.4. The van der Waals surface area contributed by atoms with Crippen molar-refractivity contribution in [1.29, 1.82) is 0 Å². The maximum Gasteiger partial charge on any atom is 0.340 e. The summed E-state index contributed by atoms with van der Waals surface area (Å²) < 4.78 is 0. The van der Waals surface area contributed by atoms with Crippen molar-refractivity contribution in [2.24, 2.45) is 21.7 Å². The molecule has 0 aromatic heterocycles. The molecule has 0 bridgehead atoms. The van der Waals surface area contributed by atoms with Crippen LogP contribution < -0.4 is 42.5 Å². The first kappa shape index (κ1) is 82.9. The molecule has 4 rings (SSSR count). The van der Waals surface area contributed by atoms with Crippen LogP contribution >= 0.6 is 0 Å². The van der Waals surface area contributed by atoms with Crippen molar-refractivity contribution in [3.05, 3.63) is 106 Å². The molecule has 0 saturated carbocycles. The van der Waals surface area contributed by atoms with Crippen LogP contribution in [0.2, 0.25) is 0 Å². The SMILES string of the molecule is CNC(=O)C(C(=O)O)(C(=O)O)C(=O)Nc1[c-]c[c-]c(NC(=O)C(C(=O)O)(C(=O)O)C(=O)Nc2cc(C)c(C)cc2C)c1.CNC(=O)C(C(=O)O)(C(=O)O)C(=O)Nc1[c-]cc(NC(=O)C(C(=O)O)(C(=O)O)C(=O)Nc2cc(C)c(C)cc2C)[c-]c1.[Y].[Y].[Y].[Y]. The third kappa shape index (κ3) is 16.7. The maximum atomic E-state index is 13.1. The summed E-state index contributed by atoms with van der Waals surface area (Å²) in [7, 11) is 1.80. The number of hydrogen-bond donors (Lipinski definition) is 16. The van der Waals surface area contributed by atoms with Crippen molar-refractivity contribution in [1.82, 2.24) is 10.6 Å². The molecule has 0 aliphatic heterocycles. The molecule has 32 nitrogen and oxygen atoms in total. The zero-order valence-electron chi connectivity index (χ0n) is 47.0. The molecule has 88 heavy (non-hydrogen) atoms. The van der Waals surface area contributed by atoms with Gasteiger partial charge >= 0.3 is 69.4 Å². The Kier molecular flexibility index (Phi) is 32.0. The number of aliphatic carboxylic acids is 8. The van der Waals surface area contributed by atoms with Crippen molar-refractivity contribution in [2.75, 3.05) is 46.0 Å². The summed E-state index contributed by atoms with van der Waals surface area (Å²) in [6.45, 7) is 10.1. The second-order valence-electron chi connectivity index (χ2n) is 17.6. The standard InChI is InChI=1S/2C26H24N4O12.4Y/c1-11-9-13(3)16(10-12(11)2)30-20(34)26(23(39)40,24(41)42)19(33)29-15-7-5-14(6-8-15)28-18(32)25(21(35)36,22(37)38)17(31)27-4;1-11-8-13(3)16(9-12(11)2)30-20(34)26(23(39)40,24(41)42)19(33)29-15-7-5-6-14(10-15)28-18(32)25(21(35)36,22(37)38)17(31)27-4;;;;/h2*5,8-10H,1-4H3,(H,27,31)(H,28,32)(H,29,33)(H,30,34)(H,35,36)(H,37,38)(H,39,40)(H,41,42);;;;/q2*-2;;;;. The normalized spacial score (nSPS) is 10.5. The van der Waals surface area contributed by atoms with Gasteiger partial charge in [-0.2, -0.15) is 22.7 Å². The Morgan fingerprint density at radius 3 is 0.739 bits per heavy atom. The van der Waals surface area contributed by atoms with Gasteiger partial charge in [-0.3, -0.25) is 62.6 Å². The van der Waals surface area contributed by atoms with E-state index in [1.807, 2.05) is 21.3 Å². The van der Waals surface area contributed by atoms with Crippen molar-refractivity contribution in [3.63, 3.8) is 0 Å². The number of carboxylic acid groups (broad SMARTS) is 8. The quantitative estimate of drug-likeness (QED) is 0.0350. The van der Waals surface area contributed by atoms with Gasteiger partial charge in [0.2, 0.25) is 0 Å². The minimum Gasteiger partial charge on any atom is -0.480 e. The van der Waals surface area contributed by atoms with Gasteiger partial charge in [0.05, 0.1) is 0 Å². The number of nitrogens with one attached hydrogen (secondary N) is 8. The minimum atomic E-state index is -3.73. The number of carbonyl (C=O) groups excluding carboxylic acids is 8. The van der Waals surface area contributed by atoms with Gasteiger partial charge in [0.25, 0.3) is 47.3 Å². The molecule has 0 aliphatic rings. The summed E-state index contributed by atoms with van der Waals surface area (Å²) in [6, 6.07) is 18.7. The molecular formula is C52H48N8O24Y4-4. The molecule has 0 unspecified atom stereocenters. The van der Waals surface area contributed by atoms with Gasteiger partial charge in [0.1, 0.15) is 0 Å². The summed E-state index contributed by atoms with van der Waals surface area (Å²) in [6.07, 6.45) is 0.